The predicted molar refractivity (Wildman–Crippen MR) is 99.8 cm³/mol. The van der Waals surface area contributed by atoms with Gasteiger partial charge in [-0.2, -0.15) is 0 Å². The second-order valence-corrected chi connectivity index (χ2v) is 8.23. The van der Waals surface area contributed by atoms with Crippen molar-refractivity contribution < 1.29 is 13.6 Å². The van der Waals surface area contributed by atoms with Crippen molar-refractivity contribution in [3.05, 3.63) is 27.2 Å². The molecule has 0 saturated heterocycles. The lowest BCUT2D eigenvalue weighted by Gasteiger charge is -2.16. The lowest BCUT2D eigenvalue weighted by atomic mass is 10.2. The van der Waals surface area contributed by atoms with Crippen LogP contribution in [0.5, 0.6) is 0 Å². The van der Waals surface area contributed by atoms with Gasteiger partial charge in [0.1, 0.15) is 0 Å². The van der Waals surface area contributed by atoms with E-state index in [4.69, 9.17) is 9.05 Å². The molecule has 0 bridgehead atoms. The first kappa shape index (κ1) is 20.6. The van der Waals surface area contributed by atoms with Crippen LogP contribution in [-0.2, 0) is 34.3 Å². The van der Waals surface area contributed by atoms with Crippen LogP contribution in [0.1, 0.15) is 33.1 Å². The highest BCUT2D eigenvalue weighted by Gasteiger charge is 2.22. The zero-order chi connectivity index (χ0) is 19.3. The molecule has 0 amide bonds. The van der Waals surface area contributed by atoms with Crippen LogP contribution in [0.2, 0.25) is 0 Å². The van der Waals surface area contributed by atoms with Gasteiger partial charge in [0.25, 0.3) is 5.56 Å². The van der Waals surface area contributed by atoms with Crippen LogP contribution in [0.15, 0.2) is 15.9 Å². The minimum Gasteiger partial charge on any atom is -0.325 e. The molecule has 0 N–H and O–H groups in total. The molecule has 26 heavy (non-hydrogen) atoms. The van der Waals surface area contributed by atoms with Crippen molar-refractivity contribution in [2.24, 2.45) is 14.1 Å². The van der Waals surface area contributed by atoms with E-state index in [2.05, 4.69) is 4.98 Å². The van der Waals surface area contributed by atoms with E-state index in [9.17, 15) is 14.2 Å². The third kappa shape index (κ3) is 4.34. The third-order valence-electron chi connectivity index (χ3n) is 4.20. The summed E-state index contributed by atoms with van der Waals surface area (Å²) in [6.45, 7) is 4.91. The minimum absolute atomic E-state index is 0.349. The Morgan fingerprint density at radius 1 is 1.04 bits per heavy atom. The van der Waals surface area contributed by atoms with Gasteiger partial charge in [-0.15, -0.1) is 0 Å². The SMILES string of the molecule is CCOP(=O)(CCCCCn1cnc2c1c(=O)n(C)c(=O)n2C)OCC. The van der Waals surface area contributed by atoms with Crippen LogP contribution < -0.4 is 11.2 Å². The van der Waals surface area contributed by atoms with Crippen molar-refractivity contribution in [1.82, 2.24) is 18.7 Å². The zero-order valence-corrected chi connectivity index (χ0v) is 16.7. The van der Waals surface area contributed by atoms with Crippen molar-refractivity contribution in [2.75, 3.05) is 19.4 Å². The quantitative estimate of drug-likeness (QED) is 0.457. The van der Waals surface area contributed by atoms with Gasteiger partial charge in [-0.25, -0.2) is 9.78 Å². The average molecular weight is 386 g/mol. The van der Waals surface area contributed by atoms with Gasteiger partial charge in [-0.3, -0.25) is 18.5 Å². The number of hydrogen-bond donors (Lipinski definition) is 0. The first-order valence-electron chi connectivity index (χ1n) is 8.83. The van der Waals surface area contributed by atoms with Gasteiger partial charge in [0.15, 0.2) is 11.2 Å². The third-order valence-corrected chi connectivity index (χ3v) is 6.37. The summed E-state index contributed by atoms with van der Waals surface area (Å²) in [6.07, 6.45) is 4.28. The highest BCUT2D eigenvalue weighted by atomic mass is 31.2. The molecule has 146 valence electrons. The number of unbranched alkanes of at least 4 members (excludes halogenated alkanes) is 2. The van der Waals surface area contributed by atoms with Gasteiger partial charge >= 0.3 is 13.3 Å². The van der Waals surface area contributed by atoms with Gasteiger partial charge < -0.3 is 13.6 Å². The van der Waals surface area contributed by atoms with Crippen molar-refractivity contribution in [3.63, 3.8) is 0 Å². The molecule has 0 spiro atoms. The maximum absolute atomic E-state index is 12.4. The van der Waals surface area contributed by atoms with Gasteiger partial charge in [0, 0.05) is 20.6 Å². The molecular formula is C16H27N4O5P. The average Bonchev–Trinajstić information content (AvgIpc) is 3.02. The maximum atomic E-state index is 12.4. The fraction of sp³-hybridized carbons (Fsp3) is 0.688. The van der Waals surface area contributed by atoms with Crippen LogP contribution in [0.4, 0.5) is 0 Å². The number of hydrogen-bond acceptors (Lipinski definition) is 6. The topological polar surface area (TPSA) is 97.4 Å². The fourth-order valence-electron chi connectivity index (χ4n) is 2.89. The summed E-state index contributed by atoms with van der Waals surface area (Å²) < 4.78 is 27.2. The van der Waals surface area contributed by atoms with Gasteiger partial charge in [0.2, 0.25) is 0 Å². The van der Waals surface area contributed by atoms with Crippen molar-refractivity contribution >= 4 is 18.8 Å². The Hall–Kier alpha value is -1.70. The largest absolute Gasteiger partial charge is 0.332 e. The van der Waals surface area contributed by atoms with E-state index < -0.39 is 13.3 Å². The number of rotatable bonds is 10. The molecule has 0 saturated carbocycles. The van der Waals surface area contributed by atoms with E-state index in [1.54, 1.807) is 31.8 Å². The molecule has 10 heteroatoms. The van der Waals surface area contributed by atoms with E-state index >= 15 is 0 Å². The smallest absolute Gasteiger partial charge is 0.325 e. The Morgan fingerprint density at radius 3 is 2.31 bits per heavy atom. The summed E-state index contributed by atoms with van der Waals surface area (Å²) >= 11 is 0. The first-order chi connectivity index (χ1) is 12.3. The Morgan fingerprint density at radius 2 is 1.69 bits per heavy atom. The van der Waals surface area contributed by atoms with Gasteiger partial charge in [-0.05, 0) is 26.7 Å². The van der Waals surface area contributed by atoms with Gasteiger partial charge in [0.05, 0.1) is 25.7 Å². The molecule has 0 aliphatic carbocycles. The minimum atomic E-state index is -3.00. The lowest BCUT2D eigenvalue weighted by molar-refractivity contribution is 0.219. The molecule has 0 aromatic carbocycles. The first-order valence-corrected chi connectivity index (χ1v) is 10.6. The van der Waals surface area contributed by atoms with Crippen molar-refractivity contribution in [1.29, 1.82) is 0 Å². The monoisotopic (exact) mass is 386 g/mol. The maximum Gasteiger partial charge on any atom is 0.332 e. The summed E-state index contributed by atoms with van der Waals surface area (Å²) in [7, 11) is 0.0607. The van der Waals surface area contributed by atoms with Crippen LogP contribution in [-0.4, -0.2) is 38.1 Å². The summed E-state index contributed by atoms with van der Waals surface area (Å²) in [4.78, 5) is 28.5. The predicted octanol–water partition coefficient (Wildman–Crippen LogP) is 1.87. The van der Waals surface area contributed by atoms with Crippen molar-refractivity contribution in [2.45, 2.75) is 39.7 Å². The standard InChI is InChI=1S/C16H27N4O5P/c1-5-24-26(23,25-6-2)11-9-7-8-10-20-12-17-14-13(20)15(21)19(4)16(22)18(14)3/h12H,5-11H2,1-4H3. The number of aromatic nitrogens is 4. The van der Waals surface area contributed by atoms with E-state index in [0.29, 0.717) is 43.5 Å². The Bertz CT molecular complexity index is 904. The van der Waals surface area contributed by atoms with Crippen LogP contribution >= 0.6 is 7.60 Å². The van der Waals surface area contributed by atoms with Gasteiger partial charge in [-0.1, -0.05) is 6.42 Å². The molecule has 0 aliphatic rings. The molecular weight excluding hydrogens is 359 g/mol. The van der Waals surface area contributed by atoms with E-state index in [1.807, 2.05) is 0 Å². The Kier molecular flexibility index (Phi) is 6.97. The molecule has 0 radical (unpaired) electrons. The molecule has 2 heterocycles. The lowest BCUT2D eigenvalue weighted by Crippen LogP contribution is -2.37. The molecule has 2 rings (SSSR count). The molecule has 0 aliphatic heterocycles. The summed E-state index contributed by atoms with van der Waals surface area (Å²) in [6, 6.07) is 0. The number of fused-ring (bicyclic) bond motifs is 1. The fourth-order valence-corrected chi connectivity index (χ4v) is 4.62. The summed E-state index contributed by atoms with van der Waals surface area (Å²) in [5.74, 6) is 0. The highest BCUT2D eigenvalue weighted by molar-refractivity contribution is 7.53. The number of imidazole rings is 1. The Labute approximate surface area is 152 Å². The molecule has 2 aromatic rings. The van der Waals surface area contributed by atoms with E-state index in [-0.39, 0.29) is 5.56 Å². The van der Waals surface area contributed by atoms with E-state index in [0.717, 1.165) is 17.4 Å². The number of aryl methyl sites for hydroxylation is 2. The number of nitrogens with zero attached hydrogens (tertiary/aromatic N) is 4. The summed E-state index contributed by atoms with van der Waals surface area (Å²) in [5, 5.41) is 0. The molecule has 0 unspecified atom stereocenters. The highest BCUT2D eigenvalue weighted by Crippen LogP contribution is 2.48. The zero-order valence-electron chi connectivity index (χ0n) is 15.8. The van der Waals surface area contributed by atoms with Crippen molar-refractivity contribution in [3.8, 4) is 0 Å². The molecule has 9 nitrogen and oxygen atoms in total. The molecule has 0 atom stereocenters. The second kappa shape index (κ2) is 8.79. The van der Waals surface area contributed by atoms with Crippen LogP contribution in [0.25, 0.3) is 11.2 Å². The normalized spacial score (nSPS) is 12.2. The second-order valence-electron chi connectivity index (χ2n) is 6.05. The van der Waals surface area contributed by atoms with Crippen LogP contribution in [0, 0.1) is 0 Å². The van der Waals surface area contributed by atoms with Crippen LogP contribution in [0.3, 0.4) is 0 Å². The molecule has 0 fully saturated rings. The summed E-state index contributed by atoms with van der Waals surface area (Å²) in [5.41, 5.74) is 0.0624. The molecule has 2 aromatic heterocycles. The Balaban J connectivity index is 2.00. The van der Waals surface area contributed by atoms with E-state index in [1.165, 1.54) is 11.6 Å².